The van der Waals surface area contributed by atoms with E-state index < -0.39 is 0 Å². The van der Waals surface area contributed by atoms with Crippen LogP contribution in [0.4, 0.5) is 0 Å². The molecule has 1 aliphatic carbocycles. The zero-order valence-electron chi connectivity index (χ0n) is 10.2. The van der Waals surface area contributed by atoms with Crippen LogP contribution in [0.25, 0.3) is 0 Å². The molecule has 0 aromatic carbocycles. The fourth-order valence-corrected chi connectivity index (χ4v) is 4.02. The summed E-state index contributed by atoms with van der Waals surface area (Å²) in [6.45, 7) is 2.90. The van der Waals surface area contributed by atoms with Gasteiger partial charge >= 0.3 is 0 Å². The molecule has 1 fully saturated rings. The first-order valence-electron chi connectivity index (χ1n) is 6.27. The third-order valence-electron chi connectivity index (χ3n) is 3.32. The molecule has 1 atom stereocenters. The van der Waals surface area contributed by atoms with Crippen molar-refractivity contribution < 1.29 is 4.74 Å². The third kappa shape index (κ3) is 4.05. The van der Waals surface area contributed by atoms with E-state index in [1.165, 1.54) is 22.2 Å². The molecule has 96 valence electrons. The number of ether oxygens (including phenoxy) is 1. The minimum Gasteiger partial charge on any atom is -0.378 e. The van der Waals surface area contributed by atoms with E-state index >= 15 is 0 Å². The van der Waals surface area contributed by atoms with Gasteiger partial charge in [0.1, 0.15) is 0 Å². The fourth-order valence-electron chi connectivity index (χ4n) is 2.47. The van der Waals surface area contributed by atoms with Gasteiger partial charge in [0.25, 0.3) is 0 Å². The van der Waals surface area contributed by atoms with Crippen LogP contribution in [0.15, 0.2) is 15.9 Å². The third-order valence-corrected chi connectivity index (χ3v) is 5.04. The van der Waals surface area contributed by atoms with Crippen LogP contribution in [0.1, 0.15) is 31.1 Å². The topological polar surface area (TPSA) is 35.2 Å². The molecule has 0 aliphatic heterocycles. The standard InChI is InChI=1S/C13H20BrNOS/c1-2-16-12-4-9(5-12)3-11(15)7-13-6-10(14)8-17-13/h6,8-9,11-12H,2-5,7,15H2,1H3. The predicted octanol–water partition coefficient (Wildman–Crippen LogP) is 3.59. The highest BCUT2D eigenvalue weighted by atomic mass is 79.9. The molecule has 2 nitrogen and oxygen atoms in total. The number of thiophene rings is 1. The summed E-state index contributed by atoms with van der Waals surface area (Å²) in [5.41, 5.74) is 6.20. The maximum absolute atomic E-state index is 6.20. The van der Waals surface area contributed by atoms with Crippen molar-refractivity contribution in [3.8, 4) is 0 Å². The lowest BCUT2D eigenvalue weighted by molar-refractivity contribution is -0.0280. The van der Waals surface area contributed by atoms with Gasteiger partial charge in [-0.15, -0.1) is 11.3 Å². The molecule has 17 heavy (non-hydrogen) atoms. The van der Waals surface area contributed by atoms with E-state index in [1.54, 1.807) is 11.3 Å². The monoisotopic (exact) mass is 317 g/mol. The van der Waals surface area contributed by atoms with Gasteiger partial charge in [0, 0.05) is 27.4 Å². The van der Waals surface area contributed by atoms with Crippen LogP contribution in [0.5, 0.6) is 0 Å². The Kier molecular flexibility index (Phi) is 5.03. The molecule has 1 heterocycles. The van der Waals surface area contributed by atoms with Crippen LogP contribution < -0.4 is 5.73 Å². The number of nitrogens with two attached hydrogens (primary N) is 1. The Bertz CT molecular complexity index is 349. The minimum absolute atomic E-state index is 0.299. The highest BCUT2D eigenvalue weighted by Crippen LogP contribution is 2.34. The van der Waals surface area contributed by atoms with E-state index in [2.05, 4.69) is 34.3 Å². The van der Waals surface area contributed by atoms with Crippen molar-refractivity contribution in [2.45, 2.75) is 44.8 Å². The average molecular weight is 318 g/mol. The molecular weight excluding hydrogens is 298 g/mol. The average Bonchev–Trinajstić information content (AvgIpc) is 2.61. The van der Waals surface area contributed by atoms with Crippen molar-refractivity contribution in [3.63, 3.8) is 0 Å². The van der Waals surface area contributed by atoms with Gasteiger partial charge in [-0.1, -0.05) is 0 Å². The molecule has 0 radical (unpaired) electrons. The fraction of sp³-hybridized carbons (Fsp3) is 0.692. The van der Waals surface area contributed by atoms with Crippen LogP contribution in [0, 0.1) is 5.92 Å². The van der Waals surface area contributed by atoms with Crippen LogP contribution >= 0.6 is 27.3 Å². The van der Waals surface area contributed by atoms with E-state index in [0.717, 1.165) is 25.4 Å². The second-order valence-electron chi connectivity index (χ2n) is 4.85. The zero-order valence-corrected chi connectivity index (χ0v) is 12.6. The summed E-state index contributed by atoms with van der Waals surface area (Å²) < 4.78 is 6.74. The maximum Gasteiger partial charge on any atom is 0.0580 e. The Hall–Kier alpha value is 0.1000. The smallest absolute Gasteiger partial charge is 0.0580 e. The summed E-state index contributed by atoms with van der Waals surface area (Å²) in [5, 5.41) is 2.12. The van der Waals surface area contributed by atoms with Crippen LogP contribution in [-0.4, -0.2) is 18.8 Å². The SMILES string of the molecule is CCOC1CC(CC(N)Cc2cc(Br)cs2)C1. The van der Waals surface area contributed by atoms with Crippen molar-refractivity contribution in [2.75, 3.05) is 6.61 Å². The quantitative estimate of drug-likeness (QED) is 0.870. The van der Waals surface area contributed by atoms with Gasteiger partial charge in [0.2, 0.25) is 0 Å². The molecule has 0 bridgehead atoms. The van der Waals surface area contributed by atoms with Crippen molar-refractivity contribution >= 4 is 27.3 Å². The van der Waals surface area contributed by atoms with Crippen LogP contribution in [0.3, 0.4) is 0 Å². The molecule has 2 rings (SSSR count). The molecule has 1 saturated carbocycles. The Morgan fingerprint density at radius 1 is 1.59 bits per heavy atom. The summed E-state index contributed by atoms with van der Waals surface area (Å²) in [4.78, 5) is 1.38. The maximum atomic E-state index is 6.20. The summed E-state index contributed by atoms with van der Waals surface area (Å²) in [6.07, 6.45) is 5.06. The van der Waals surface area contributed by atoms with Crippen LogP contribution in [0.2, 0.25) is 0 Å². The van der Waals surface area contributed by atoms with Gasteiger partial charge in [-0.25, -0.2) is 0 Å². The van der Waals surface area contributed by atoms with E-state index in [1.807, 2.05) is 0 Å². The Labute approximate surface area is 116 Å². The van der Waals surface area contributed by atoms with Gasteiger partial charge in [-0.3, -0.25) is 0 Å². The second kappa shape index (κ2) is 6.32. The second-order valence-corrected chi connectivity index (χ2v) is 6.76. The summed E-state index contributed by atoms with van der Waals surface area (Å²) in [6, 6.07) is 2.47. The van der Waals surface area contributed by atoms with Gasteiger partial charge in [-0.05, 0) is 60.5 Å². The molecule has 0 amide bonds. The van der Waals surface area contributed by atoms with Crippen molar-refractivity contribution in [3.05, 3.63) is 20.8 Å². The van der Waals surface area contributed by atoms with E-state index in [4.69, 9.17) is 10.5 Å². The van der Waals surface area contributed by atoms with Crippen molar-refractivity contribution in [1.29, 1.82) is 0 Å². The van der Waals surface area contributed by atoms with Gasteiger partial charge in [0.15, 0.2) is 0 Å². The molecule has 1 aromatic heterocycles. The van der Waals surface area contributed by atoms with Crippen molar-refractivity contribution in [1.82, 2.24) is 0 Å². The van der Waals surface area contributed by atoms with Gasteiger partial charge in [0.05, 0.1) is 6.10 Å². The summed E-state index contributed by atoms with van der Waals surface area (Å²) in [7, 11) is 0. The summed E-state index contributed by atoms with van der Waals surface area (Å²) >= 11 is 5.26. The number of hydrogen-bond acceptors (Lipinski definition) is 3. The lowest BCUT2D eigenvalue weighted by atomic mass is 9.78. The molecule has 0 saturated heterocycles. The highest BCUT2D eigenvalue weighted by molar-refractivity contribution is 9.10. The number of halogens is 1. The normalized spacial score (nSPS) is 25.6. The van der Waals surface area contributed by atoms with E-state index in [9.17, 15) is 0 Å². The van der Waals surface area contributed by atoms with E-state index in [-0.39, 0.29) is 0 Å². The van der Waals surface area contributed by atoms with Crippen LogP contribution in [-0.2, 0) is 11.2 Å². The van der Waals surface area contributed by atoms with Crippen molar-refractivity contribution in [2.24, 2.45) is 11.7 Å². The largest absolute Gasteiger partial charge is 0.378 e. The number of rotatable bonds is 6. The molecule has 0 spiro atoms. The first-order valence-corrected chi connectivity index (χ1v) is 7.94. The molecule has 1 unspecified atom stereocenters. The molecule has 2 N–H and O–H groups in total. The minimum atomic E-state index is 0.299. The van der Waals surface area contributed by atoms with E-state index in [0.29, 0.717) is 12.1 Å². The highest BCUT2D eigenvalue weighted by Gasteiger charge is 2.30. The first kappa shape index (κ1) is 13.5. The Balaban J connectivity index is 1.67. The molecule has 4 heteroatoms. The first-order chi connectivity index (χ1) is 8.17. The lowest BCUT2D eigenvalue weighted by Gasteiger charge is -2.36. The Morgan fingerprint density at radius 2 is 2.35 bits per heavy atom. The van der Waals surface area contributed by atoms with Gasteiger partial charge in [-0.2, -0.15) is 0 Å². The summed E-state index contributed by atoms with van der Waals surface area (Å²) in [5.74, 6) is 0.782. The predicted molar refractivity (Wildman–Crippen MR) is 76.5 cm³/mol. The van der Waals surface area contributed by atoms with Gasteiger partial charge < -0.3 is 10.5 Å². The molecule has 1 aromatic rings. The lowest BCUT2D eigenvalue weighted by Crippen LogP contribution is -2.36. The molecular formula is C13H20BrNOS. The Morgan fingerprint density at radius 3 is 2.94 bits per heavy atom. The zero-order chi connectivity index (χ0) is 12.3. The molecule has 1 aliphatic rings. The number of hydrogen-bond donors (Lipinski definition) is 1.